The molecule has 1 N–H and O–H groups in total. The van der Waals surface area contributed by atoms with Crippen LogP contribution in [-0.2, 0) is 16.1 Å². The number of likely N-dealkylation sites (tertiary alicyclic amines) is 1. The lowest BCUT2D eigenvalue weighted by Crippen LogP contribution is -2.62. The van der Waals surface area contributed by atoms with E-state index < -0.39 is 0 Å². The second-order valence-corrected chi connectivity index (χ2v) is 12.8. The third kappa shape index (κ3) is 8.97. The molecule has 5 rings (SSSR count). The monoisotopic (exact) mass is 612 g/mol. The highest BCUT2D eigenvalue weighted by Crippen LogP contribution is 2.31. The van der Waals surface area contributed by atoms with Crippen molar-refractivity contribution < 1.29 is 23.5 Å². The number of para-hydroxylation sites is 2. The molecule has 1 heterocycles. The fourth-order valence-electron chi connectivity index (χ4n) is 6.57. The first kappa shape index (κ1) is 32.7. The minimum absolute atomic E-state index is 0.0613. The smallest absolute Gasteiger partial charge is 0.411 e. The number of anilines is 1. The number of carbonyl (C=O) groups is 1. The number of nitrogens with one attached hydrogen (secondary N) is 1. The van der Waals surface area contributed by atoms with Gasteiger partial charge in [0.25, 0.3) is 0 Å². The van der Waals surface area contributed by atoms with E-state index >= 15 is 0 Å². The predicted octanol–water partition coefficient (Wildman–Crippen LogP) is 7.54. The van der Waals surface area contributed by atoms with Gasteiger partial charge in [-0.3, -0.25) is 10.2 Å². The van der Waals surface area contributed by atoms with Crippen molar-refractivity contribution in [3.8, 4) is 16.9 Å². The van der Waals surface area contributed by atoms with Crippen LogP contribution in [0.2, 0.25) is 0 Å². The van der Waals surface area contributed by atoms with Gasteiger partial charge in [-0.2, -0.15) is 0 Å². The minimum atomic E-state index is -0.376. The van der Waals surface area contributed by atoms with Crippen LogP contribution in [0.15, 0.2) is 91.0 Å². The molecule has 2 atom stereocenters. The third-order valence-corrected chi connectivity index (χ3v) is 9.31. The van der Waals surface area contributed by atoms with Gasteiger partial charge in [0.05, 0.1) is 46.1 Å². The van der Waals surface area contributed by atoms with Gasteiger partial charge in [0.1, 0.15) is 17.9 Å². The fraction of sp³-hybridized carbons (Fsp3) is 0.447. The fourth-order valence-corrected chi connectivity index (χ4v) is 6.57. The molecule has 0 bridgehead atoms. The molecule has 7 nitrogen and oxygen atoms in total. The molecule has 240 valence electrons. The zero-order valence-corrected chi connectivity index (χ0v) is 27.2. The number of carbonyl (C=O) groups excluding carboxylic acids is 1. The highest BCUT2D eigenvalue weighted by Gasteiger charge is 2.42. The van der Waals surface area contributed by atoms with E-state index in [1.807, 2.05) is 72.8 Å². The van der Waals surface area contributed by atoms with Crippen LogP contribution in [0.25, 0.3) is 11.1 Å². The Morgan fingerprint density at radius 2 is 1.58 bits per heavy atom. The molecule has 0 spiro atoms. The predicted molar refractivity (Wildman–Crippen MR) is 181 cm³/mol. The largest absolute Gasteiger partial charge is 0.496 e. The van der Waals surface area contributed by atoms with Crippen molar-refractivity contribution in [2.24, 2.45) is 0 Å². The Morgan fingerprint density at radius 1 is 0.867 bits per heavy atom. The van der Waals surface area contributed by atoms with Gasteiger partial charge in [-0.15, -0.1) is 0 Å². The maximum absolute atomic E-state index is 12.8. The number of benzene rings is 3. The van der Waals surface area contributed by atoms with Gasteiger partial charge >= 0.3 is 6.09 Å². The zero-order valence-electron chi connectivity index (χ0n) is 27.2. The van der Waals surface area contributed by atoms with Crippen molar-refractivity contribution >= 4 is 11.8 Å². The van der Waals surface area contributed by atoms with Gasteiger partial charge in [-0.05, 0) is 55.9 Å². The molecular weight excluding hydrogens is 562 g/mol. The molecule has 1 fully saturated rings. The topological polar surface area (TPSA) is 60.0 Å². The summed E-state index contributed by atoms with van der Waals surface area (Å²) in [5.41, 5.74) is 3.93. The first-order valence-corrected chi connectivity index (χ1v) is 16.5. The van der Waals surface area contributed by atoms with Gasteiger partial charge in [-0.25, -0.2) is 4.79 Å². The molecule has 2 aliphatic rings. The quantitative estimate of drug-likeness (QED) is 0.109. The van der Waals surface area contributed by atoms with Gasteiger partial charge in [0.15, 0.2) is 0 Å². The molecule has 45 heavy (non-hydrogen) atoms. The normalized spacial score (nSPS) is 18.7. The number of unbranched alkanes of at least 4 members (excludes halogenated alkanes) is 3. The molecule has 0 aromatic heterocycles. The van der Waals surface area contributed by atoms with E-state index in [0.717, 1.165) is 78.1 Å². The molecule has 7 heteroatoms. The third-order valence-electron chi connectivity index (χ3n) is 9.31. The highest BCUT2D eigenvalue weighted by atomic mass is 16.6. The molecule has 1 saturated heterocycles. The van der Waals surface area contributed by atoms with Crippen molar-refractivity contribution in [1.82, 2.24) is 4.90 Å². The maximum atomic E-state index is 12.8. The van der Waals surface area contributed by atoms with Crippen LogP contribution < -0.4 is 10.1 Å². The number of likely N-dealkylation sites (N-methyl/N-ethyl adjacent to an activating group) is 1. The Hall–Kier alpha value is -3.65. The Kier molecular flexibility index (Phi) is 11.7. The number of amides is 1. The van der Waals surface area contributed by atoms with E-state index in [-0.39, 0.29) is 12.2 Å². The Labute approximate surface area is 269 Å². The summed E-state index contributed by atoms with van der Waals surface area (Å²) in [4.78, 5) is 15.4. The number of methoxy groups -OCH3 is 1. The first-order valence-electron chi connectivity index (χ1n) is 16.5. The lowest BCUT2D eigenvalue weighted by molar-refractivity contribution is -0.912. The average molecular weight is 613 g/mol. The van der Waals surface area contributed by atoms with Crippen LogP contribution in [0.4, 0.5) is 10.5 Å². The Morgan fingerprint density at radius 3 is 2.33 bits per heavy atom. The van der Waals surface area contributed by atoms with Crippen molar-refractivity contribution in [3.05, 3.63) is 96.6 Å². The number of hydrogen-bond donors (Lipinski definition) is 1. The minimum Gasteiger partial charge on any atom is -0.496 e. The van der Waals surface area contributed by atoms with Gasteiger partial charge in [-0.1, -0.05) is 79.2 Å². The van der Waals surface area contributed by atoms with Crippen LogP contribution in [0.1, 0.15) is 44.1 Å². The van der Waals surface area contributed by atoms with Gasteiger partial charge in [0, 0.05) is 30.8 Å². The molecule has 1 aliphatic carbocycles. The molecule has 0 unspecified atom stereocenters. The average Bonchev–Trinajstić information content (AvgIpc) is 3.03. The van der Waals surface area contributed by atoms with Crippen molar-refractivity contribution in [2.75, 3.05) is 52.8 Å². The second-order valence-electron chi connectivity index (χ2n) is 12.8. The first-order chi connectivity index (χ1) is 21.9. The van der Waals surface area contributed by atoms with E-state index in [1.165, 1.54) is 19.3 Å². The summed E-state index contributed by atoms with van der Waals surface area (Å²) in [6.45, 7) is 4.44. The number of hydrogen-bond acceptors (Lipinski definition) is 5. The number of quaternary nitrogens is 1. The zero-order chi connectivity index (χ0) is 31.5. The van der Waals surface area contributed by atoms with E-state index in [1.54, 1.807) is 7.11 Å². The summed E-state index contributed by atoms with van der Waals surface area (Å²) >= 11 is 0. The number of nitrogens with zero attached hydrogens (tertiary/aromatic N) is 2. The molecular formula is C38H50N3O4+. The second kappa shape index (κ2) is 16.1. The lowest BCUT2D eigenvalue weighted by Gasteiger charge is -2.49. The number of piperidine rings is 1. The SMILES string of the molecule is COc1ccccc1COCCCCCC[N+](C)(C)[C@H]1C=C[C@H]1N1CCC(OC(=O)Nc2ccccc2-c2ccccc2)CC1. The molecule has 1 amide bonds. The molecule has 0 saturated carbocycles. The van der Waals surface area contributed by atoms with Crippen LogP contribution in [-0.4, -0.2) is 81.1 Å². The summed E-state index contributed by atoms with van der Waals surface area (Å²) in [6, 6.07) is 27.0. The van der Waals surface area contributed by atoms with Crippen LogP contribution in [0.5, 0.6) is 5.75 Å². The number of rotatable bonds is 15. The highest BCUT2D eigenvalue weighted by molar-refractivity contribution is 5.91. The lowest BCUT2D eigenvalue weighted by atomic mass is 9.90. The summed E-state index contributed by atoms with van der Waals surface area (Å²) < 4.78 is 18.2. The molecule has 0 radical (unpaired) electrons. The van der Waals surface area contributed by atoms with E-state index in [0.29, 0.717) is 18.7 Å². The van der Waals surface area contributed by atoms with E-state index in [2.05, 4.69) is 42.5 Å². The van der Waals surface area contributed by atoms with Crippen LogP contribution >= 0.6 is 0 Å². The van der Waals surface area contributed by atoms with Crippen molar-refractivity contribution in [2.45, 2.75) is 63.3 Å². The van der Waals surface area contributed by atoms with Crippen molar-refractivity contribution in [3.63, 3.8) is 0 Å². The molecule has 3 aromatic rings. The van der Waals surface area contributed by atoms with E-state index in [4.69, 9.17) is 14.2 Å². The summed E-state index contributed by atoms with van der Waals surface area (Å²) in [6.07, 6.45) is 10.7. The van der Waals surface area contributed by atoms with Crippen LogP contribution in [0, 0.1) is 0 Å². The summed E-state index contributed by atoms with van der Waals surface area (Å²) in [5.74, 6) is 0.891. The Balaban J connectivity index is 0.978. The molecule has 1 aliphatic heterocycles. The number of ether oxygens (including phenoxy) is 3. The van der Waals surface area contributed by atoms with Crippen LogP contribution in [0.3, 0.4) is 0 Å². The standard InChI is InChI=1S/C38H49N3O4/c1-41(2,27-13-4-5-14-28-44-29-31-17-9-12-20-37(31)43-3)36-22-21-35(36)40-25-23-32(24-26-40)45-38(42)39-34-19-11-10-18-33(34)30-15-7-6-8-16-30/h6-12,15-22,32,35-36H,4-5,13-14,23-29H2,1-3H3/p+1/t35-,36+/m1/s1. The summed E-state index contributed by atoms with van der Waals surface area (Å²) in [7, 11) is 6.44. The maximum Gasteiger partial charge on any atom is 0.411 e. The van der Waals surface area contributed by atoms with Gasteiger partial charge in [0.2, 0.25) is 0 Å². The molecule has 3 aromatic carbocycles. The Bertz CT molecular complexity index is 1380. The van der Waals surface area contributed by atoms with Crippen molar-refractivity contribution in [1.29, 1.82) is 0 Å². The summed E-state index contributed by atoms with van der Waals surface area (Å²) in [5, 5.41) is 2.99. The van der Waals surface area contributed by atoms with Gasteiger partial charge < -0.3 is 18.7 Å². The van der Waals surface area contributed by atoms with E-state index in [9.17, 15) is 4.79 Å².